The molecule has 0 unspecified atom stereocenters. The number of benzene rings is 3. The summed E-state index contributed by atoms with van der Waals surface area (Å²) < 4.78 is 5.67. The smallest absolute Gasteiger partial charge is 0.329 e. The van der Waals surface area contributed by atoms with Crippen LogP contribution in [0.4, 0.5) is 11.4 Å². The number of hydrazone groups is 1. The molecule has 0 saturated carbocycles. The number of carbonyl (C=O) groups excluding carboxylic acids is 3. The molecule has 0 heterocycles. The molecule has 8 nitrogen and oxygen atoms in total. The molecule has 3 amide bonds. The highest BCUT2D eigenvalue weighted by atomic mass is 35.5. The van der Waals surface area contributed by atoms with Crippen LogP contribution in [-0.2, 0) is 14.4 Å². The molecule has 0 radical (unpaired) electrons. The standard InChI is InChI=1S/C27H27ClN4O4/c1-16-11-18(3)25(19(4)12-16)31-24(33)15-36-23-8-6-5-7-20(23)14-29-32-27(35)26(34)30-21-10-9-17(2)22(28)13-21/h5-14H,15H2,1-4H3,(H,30,34)(H,31,33)(H,32,35)/b29-14-. The van der Waals surface area contributed by atoms with Crippen molar-refractivity contribution in [3.8, 4) is 5.75 Å². The van der Waals surface area contributed by atoms with E-state index in [2.05, 4.69) is 21.2 Å². The predicted octanol–water partition coefficient (Wildman–Crippen LogP) is 4.68. The molecule has 3 aromatic carbocycles. The first-order chi connectivity index (χ1) is 17.1. The highest BCUT2D eigenvalue weighted by Gasteiger charge is 2.14. The fourth-order valence-corrected chi connectivity index (χ4v) is 3.66. The third-order valence-electron chi connectivity index (χ3n) is 5.22. The minimum atomic E-state index is -0.954. The molecule has 0 aliphatic rings. The van der Waals surface area contributed by atoms with Gasteiger partial charge in [-0.2, -0.15) is 5.10 Å². The van der Waals surface area contributed by atoms with Crippen molar-refractivity contribution >= 4 is 46.9 Å². The van der Waals surface area contributed by atoms with E-state index in [0.717, 1.165) is 27.9 Å². The van der Waals surface area contributed by atoms with E-state index >= 15 is 0 Å². The Balaban J connectivity index is 1.56. The van der Waals surface area contributed by atoms with Gasteiger partial charge in [0.2, 0.25) is 0 Å². The largest absolute Gasteiger partial charge is 0.483 e. The molecule has 0 spiro atoms. The second-order valence-corrected chi connectivity index (χ2v) is 8.67. The number of amides is 3. The summed E-state index contributed by atoms with van der Waals surface area (Å²) in [6.07, 6.45) is 1.33. The van der Waals surface area contributed by atoms with Gasteiger partial charge in [0.1, 0.15) is 5.75 Å². The van der Waals surface area contributed by atoms with Crippen molar-refractivity contribution in [2.24, 2.45) is 5.10 Å². The van der Waals surface area contributed by atoms with Gasteiger partial charge in [0, 0.05) is 22.0 Å². The highest BCUT2D eigenvalue weighted by Crippen LogP contribution is 2.22. The Hall–Kier alpha value is -4.17. The maximum Gasteiger partial charge on any atom is 0.329 e. The molecule has 36 heavy (non-hydrogen) atoms. The molecule has 0 atom stereocenters. The van der Waals surface area contributed by atoms with Crippen LogP contribution in [0, 0.1) is 27.7 Å². The van der Waals surface area contributed by atoms with Gasteiger partial charge in [0.25, 0.3) is 5.91 Å². The number of aryl methyl sites for hydroxylation is 4. The van der Waals surface area contributed by atoms with Gasteiger partial charge >= 0.3 is 11.8 Å². The fourth-order valence-electron chi connectivity index (χ4n) is 3.48. The molecule has 3 aromatic rings. The zero-order chi connectivity index (χ0) is 26.2. The third kappa shape index (κ3) is 7.16. The number of nitrogens with zero attached hydrogens (tertiary/aromatic N) is 1. The van der Waals surface area contributed by atoms with E-state index in [1.54, 1.807) is 42.5 Å². The average molecular weight is 507 g/mol. The minimum absolute atomic E-state index is 0.217. The summed E-state index contributed by atoms with van der Waals surface area (Å²) in [6.45, 7) is 7.49. The number of hydrogen-bond acceptors (Lipinski definition) is 5. The number of hydrogen-bond donors (Lipinski definition) is 3. The lowest BCUT2D eigenvalue weighted by molar-refractivity contribution is -0.136. The number of nitrogens with one attached hydrogen (secondary N) is 3. The van der Waals surface area contributed by atoms with Crippen LogP contribution in [-0.4, -0.2) is 30.5 Å². The second kappa shape index (κ2) is 12.0. The van der Waals surface area contributed by atoms with Gasteiger partial charge in [0.15, 0.2) is 6.61 Å². The predicted molar refractivity (Wildman–Crippen MR) is 142 cm³/mol. The summed E-state index contributed by atoms with van der Waals surface area (Å²) in [7, 11) is 0. The van der Waals surface area contributed by atoms with Crippen LogP contribution < -0.4 is 20.8 Å². The van der Waals surface area contributed by atoms with E-state index < -0.39 is 11.8 Å². The van der Waals surface area contributed by atoms with Crippen molar-refractivity contribution in [3.63, 3.8) is 0 Å². The summed E-state index contributed by atoms with van der Waals surface area (Å²) in [5, 5.41) is 9.64. The monoisotopic (exact) mass is 506 g/mol. The van der Waals surface area contributed by atoms with Gasteiger partial charge in [-0.15, -0.1) is 0 Å². The summed E-state index contributed by atoms with van der Waals surface area (Å²) in [4.78, 5) is 36.7. The SMILES string of the molecule is Cc1cc(C)c(NC(=O)COc2ccccc2/C=N\NC(=O)C(=O)Nc2ccc(C)c(Cl)c2)c(C)c1. The van der Waals surface area contributed by atoms with Gasteiger partial charge < -0.3 is 15.4 Å². The van der Waals surface area contributed by atoms with Crippen LogP contribution in [0.15, 0.2) is 59.7 Å². The van der Waals surface area contributed by atoms with Crippen LogP contribution in [0.3, 0.4) is 0 Å². The normalized spacial score (nSPS) is 10.7. The zero-order valence-electron chi connectivity index (χ0n) is 20.4. The molecular formula is C27H27ClN4O4. The van der Waals surface area contributed by atoms with Crippen molar-refractivity contribution in [1.82, 2.24) is 5.43 Å². The lowest BCUT2D eigenvalue weighted by atomic mass is 10.1. The topological polar surface area (TPSA) is 109 Å². The molecule has 3 rings (SSSR count). The molecule has 0 aliphatic heterocycles. The number of ether oxygens (including phenoxy) is 1. The van der Waals surface area contributed by atoms with Crippen LogP contribution >= 0.6 is 11.6 Å². The summed E-state index contributed by atoms with van der Waals surface area (Å²) in [5.74, 6) is -1.76. The Morgan fingerprint density at radius 3 is 2.28 bits per heavy atom. The summed E-state index contributed by atoms with van der Waals surface area (Å²) >= 11 is 6.04. The molecule has 0 saturated heterocycles. The molecule has 0 fully saturated rings. The quantitative estimate of drug-likeness (QED) is 0.245. The van der Waals surface area contributed by atoms with E-state index in [9.17, 15) is 14.4 Å². The van der Waals surface area contributed by atoms with E-state index in [-0.39, 0.29) is 12.5 Å². The molecule has 9 heteroatoms. The Bertz CT molecular complexity index is 1310. The summed E-state index contributed by atoms with van der Waals surface area (Å²) in [5.41, 5.74) is 7.75. The van der Waals surface area contributed by atoms with Crippen LogP contribution in [0.25, 0.3) is 0 Å². The average Bonchev–Trinajstić information content (AvgIpc) is 2.83. The van der Waals surface area contributed by atoms with E-state index in [1.165, 1.54) is 6.21 Å². The van der Waals surface area contributed by atoms with E-state index in [4.69, 9.17) is 16.3 Å². The first kappa shape index (κ1) is 26.4. The zero-order valence-corrected chi connectivity index (χ0v) is 21.2. The molecule has 186 valence electrons. The lowest BCUT2D eigenvalue weighted by Crippen LogP contribution is -2.32. The Labute approximate surface area is 214 Å². The van der Waals surface area contributed by atoms with Gasteiger partial charge in [-0.25, -0.2) is 5.43 Å². The maximum atomic E-state index is 12.5. The number of para-hydroxylation sites is 1. The van der Waals surface area contributed by atoms with Crippen LogP contribution in [0.1, 0.15) is 27.8 Å². The molecule has 0 aromatic heterocycles. The molecule has 0 aliphatic carbocycles. The van der Waals surface area contributed by atoms with Gasteiger partial charge in [-0.3, -0.25) is 14.4 Å². The van der Waals surface area contributed by atoms with Crippen molar-refractivity contribution in [2.75, 3.05) is 17.2 Å². The number of carbonyl (C=O) groups is 3. The summed E-state index contributed by atoms with van der Waals surface area (Å²) in [6, 6.07) is 15.8. The van der Waals surface area contributed by atoms with Crippen molar-refractivity contribution < 1.29 is 19.1 Å². The number of anilines is 2. The lowest BCUT2D eigenvalue weighted by Gasteiger charge is -2.14. The number of halogens is 1. The Kier molecular flexibility index (Phi) is 8.81. The highest BCUT2D eigenvalue weighted by molar-refractivity contribution is 6.39. The van der Waals surface area contributed by atoms with Crippen molar-refractivity contribution in [2.45, 2.75) is 27.7 Å². The van der Waals surface area contributed by atoms with Gasteiger partial charge in [-0.1, -0.05) is 47.5 Å². The van der Waals surface area contributed by atoms with Gasteiger partial charge in [0.05, 0.1) is 6.21 Å². The van der Waals surface area contributed by atoms with E-state index in [1.807, 2.05) is 39.8 Å². The maximum absolute atomic E-state index is 12.5. The molecule has 0 bridgehead atoms. The van der Waals surface area contributed by atoms with Crippen LogP contribution in [0.2, 0.25) is 5.02 Å². The molecular weight excluding hydrogens is 480 g/mol. The van der Waals surface area contributed by atoms with Crippen LogP contribution in [0.5, 0.6) is 5.75 Å². The number of rotatable bonds is 7. The first-order valence-electron chi connectivity index (χ1n) is 11.1. The van der Waals surface area contributed by atoms with Crippen molar-refractivity contribution in [3.05, 3.63) is 87.4 Å². The van der Waals surface area contributed by atoms with Gasteiger partial charge in [-0.05, 0) is 68.7 Å². The first-order valence-corrected chi connectivity index (χ1v) is 11.5. The van der Waals surface area contributed by atoms with Crippen molar-refractivity contribution in [1.29, 1.82) is 0 Å². The van der Waals surface area contributed by atoms with E-state index in [0.29, 0.717) is 22.0 Å². The fraction of sp³-hybridized carbons (Fsp3) is 0.185. The molecule has 3 N–H and O–H groups in total. The Morgan fingerprint density at radius 2 is 1.58 bits per heavy atom. The Morgan fingerprint density at radius 1 is 0.889 bits per heavy atom. The second-order valence-electron chi connectivity index (χ2n) is 8.27. The minimum Gasteiger partial charge on any atom is -0.483 e. The third-order valence-corrected chi connectivity index (χ3v) is 5.63.